The standard InChI is InChI=1S/C12H18O9S/c1-2-22-6-4-7(9(15)16)21-11(19)12(20,10(17)18)5-3-8(13)14/h7,20H,2-6H2,1H3,(H,13,14)(H,15,16)(H,17,18). The summed E-state index contributed by atoms with van der Waals surface area (Å²) in [5, 5.41) is 36.1. The van der Waals surface area contributed by atoms with Gasteiger partial charge in [0.15, 0.2) is 6.10 Å². The molecule has 0 amide bonds. The van der Waals surface area contributed by atoms with Crippen LogP contribution >= 0.6 is 11.8 Å². The molecule has 4 N–H and O–H groups in total. The van der Waals surface area contributed by atoms with E-state index in [-0.39, 0.29) is 6.42 Å². The van der Waals surface area contributed by atoms with Crippen LogP contribution in [0.1, 0.15) is 26.2 Å². The van der Waals surface area contributed by atoms with Gasteiger partial charge in [-0.1, -0.05) is 6.92 Å². The van der Waals surface area contributed by atoms with Crippen LogP contribution in [-0.4, -0.2) is 67.5 Å². The summed E-state index contributed by atoms with van der Waals surface area (Å²) >= 11 is 1.40. The van der Waals surface area contributed by atoms with Gasteiger partial charge >= 0.3 is 23.9 Å². The summed E-state index contributed by atoms with van der Waals surface area (Å²) in [7, 11) is 0. The van der Waals surface area contributed by atoms with E-state index in [0.717, 1.165) is 5.75 Å². The molecule has 2 unspecified atom stereocenters. The Hall–Kier alpha value is -1.81. The Morgan fingerprint density at radius 3 is 2.18 bits per heavy atom. The minimum atomic E-state index is -3.09. The van der Waals surface area contributed by atoms with Gasteiger partial charge in [-0.05, 0) is 11.5 Å². The monoisotopic (exact) mass is 338 g/mol. The second kappa shape index (κ2) is 9.26. The minimum Gasteiger partial charge on any atom is -0.481 e. The van der Waals surface area contributed by atoms with E-state index in [1.54, 1.807) is 0 Å². The SMILES string of the molecule is CCSCCC(OC(=O)C(O)(CCC(=O)O)C(=O)O)C(=O)O. The van der Waals surface area contributed by atoms with Crippen LogP contribution in [0.15, 0.2) is 0 Å². The van der Waals surface area contributed by atoms with Crippen molar-refractivity contribution in [3.05, 3.63) is 0 Å². The Balaban J connectivity index is 4.93. The minimum absolute atomic E-state index is 0.0613. The molecule has 0 fully saturated rings. The van der Waals surface area contributed by atoms with E-state index < -0.39 is 48.4 Å². The van der Waals surface area contributed by atoms with Crippen molar-refractivity contribution in [3.63, 3.8) is 0 Å². The number of ether oxygens (including phenoxy) is 1. The van der Waals surface area contributed by atoms with Crippen molar-refractivity contribution in [2.45, 2.75) is 37.9 Å². The molecule has 0 radical (unpaired) electrons. The molecule has 0 bridgehead atoms. The Kier molecular flexibility index (Phi) is 8.50. The van der Waals surface area contributed by atoms with E-state index in [4.69, 9.17) is 15.3 Å². The van der Waals surface area contributed by atoms with Crippen molar-refractivity contribution in [2.75, 3.05) is 11.5 Å². The van der Waals surface area contributed by atoms with Crippen LogP contribution in [0, 0.1) is 0 Å². The van der Waals surface area contributed by atoms with Crippen molar-refractivity contribution < 1.29 is 44.3 Å². The van der Waals surface area contributed by atoms with E-state index >= 15 is 0 Å². The van der Waals surface area contributed by atoms with Crippen LogP contribution < -0.4 is 0 Å². The molecule has 2 atom stereocenters. The topological polar surface area (TPSA) is 158 Å². The first kappa shape index (κ1) is 20.2. The second-order valence-electron chi connectivity index (χ2n) is 4.28. The summed E-state index contributed by atoms with van der Waals surface area (Å²) in [5.41, 5.74) is -3.09. The van der Waals surface area contributed by atoms with Gasteiger partial charge in [-0.15, -0.1) is 0 Å². The molecule has 0 spiro atoms. The first-order valence-corrected chi connectivity index (χ1v) is 7.49. The Morgan fingerprint density at radius 1 is 1.18 bits per heavy atom. The zero-order valence-corrected chi connectivity index (χ0v) is 12.7. The van der Waals surface area contributed by atoms with E-state index in [9.17, 15) is 24.3 Å². The molecule has 10 heteroatoms. The molecule has 0 saturated carbocycles. The van der Waals surface area contributed by atoms with Gasteiger partial charge in [0.2, 0.25) is 0 Å². The molecule has 0 heterocycles. The molecule has 0 saturated heterocycles. The number of hydrogen-bond acceptors (Lipinski definition) is 7. The molecule has 0 aliphatic rings. The summed E-state index contributed by atoms with van der Waals surface area (Å²) in [6.07, 6.45) is -3.38. The maximum Gasteiger partial charge on any atom is 0.350 e. The summed E-state index contributed by atoms with van der Waals surface area (Å²) in [6.45, 7) is 1.85. The van der Waals surface area contributed by atoms with Crippen molar-refractivity contribution in [3.8, 4) is 0 Å². The molecule has 9 nitrogen and oxygen atoms in total. The van der Waals surface area contributed by atoms with E-state index in [2.05, 4.69) is 4.74 Å². The van der Waals surface area contributed by atoms with E-state index in [1.807, 2.05) is 6.92 Å². The van der Waals surface area contributed by atoms with E-state index in [0.29, 0.717) is 5.75 Å². The lowest BCUT2D eigenvalue weighted by Crippen LogP contribution is -2.50. The first-order chi connectivity index (χ1) is 10.1. The lowest BCUT2D eigenvalue weighted by Gasteiger charge is -2.23. The average molecular weight is 338 g/mol. The normalized spacial score (nSPS) is 14.6. The molecule has 22 heavy (non-hydrogen) atoms. The maximum absolute atomic E-state index is 11.8. The zero-order valence-electron chi connectivity index (χ0n) is 11.9. The van der Waals surface area contributed by atoms with Crippen molar-refractivity contribution in [1.29, 1.82) is 0 Å². The van der Waals surface area contributed by atoms with Gasteiger partial charge in [-0.2, -0.15) is 11.8 Å². The van der Waals surface area contributed by atoms with Crippen LogP contribution in [0.2, 0.25) is 0 Å². The number of esters is 1. The fourth-order valence-corrected chi connectivity index (χ4v) is 2.05. The summed E-state index contributed by atoms with van der Waals surface area (Å²) < 4.78 is 4.54. The fourth-order valence-electron chi connectivity index (χ4n) is 1.38. The number of carbonyl (C=O) groups is 4. The summed E-state index contributed by atoms with van der Waals surface area (Å²) in [5.74, 6) is -5.49. The van der Waals surface area contributed by atoms with Crippen LogP contribution in [0.25, 0.3) is 0 Å². The van der Waals surface area contributed by atoms with Crippen LogP contribution in [0.4, 0.5) is 0 Å². The maximum atomic E-state index is 11.8. The summed E-state index contributed by atoms with van der Waals surface area (Å²) in [4.78, 5) is 44.2. The van der Waals surface area contributed by atoms with Crippen molar-refractivity contribution in [2.24, 2.45) is 0 Å². The summed E-state index contributed by atoms with van der Waals surface area (Å²) in [6, 6.07) is 0. The number of rotatable bonds is 11. The molecular weight excluding hydrogens is 320 g/mol. The smallest absolute Gasteiger partial charge is 0.350 e. The van der Waals surface area contributed by atoms with Gasteiger partial charge < -0.3 is 25.2 Å². The largest absolute Gasteiger partial charge is 0.481 e. The van der Waals surface area contributed by atoms with Gasteiger partial charge in [-0.3, -0.25) is 4.79 Å². The van der Waals surface area contributed by atoms with Crippen molar-refractivity contribution >= 4 is 35.6 Å². The van der Waals surface area contributed by atoms with Gasteiger partial charge in [0.25, 0.3) is 5.60 Å². The number of hydrogen-bond donors (Lipinski definition) is 4. The molecule has 0 rings (SSSR count). The highest BCUT2D eigenvalue weighted by atomic mass is 32.2. The second-order valence-corrected chi connectivity index (χ2v) is 5.67. The lowest BCUT2D eigenvalue weighted by atomic mass is 9.98. The van der Waals surface area contributed by atoms with Crippen LogP contribution in [0.5, 0.6) is 0 Å². The molecule has 126 valence electrons. The average Bonchev–Trinajstić information content (AvgIpc) is 2.42. The Morgan fingerprint density at radius 2 is 1.77 bits per heavy atom. The highest BCUT2D eigenvalue weighted by molar-refractivity contribution is 7.99. The zero-order chi connectivity index (χ0) is 17.3. The molecule has 0 aromatic rings. The number of aliphatic hydroxyl groups is 1. The molecule has 0 aromatic heterocycles. The highest BCUT2D eigenvalue weighted by Gasteiger charge is 2.47. The molecule has 0 aromatic carbocycles. The Labute approximate surface area is 130 Å². The third-order valence-electron chi connectivity index (χ3n) is 2.65. The lowest BCUT2D eigenvalue weighted by molar-refractivity contribution is -0.189. The van der Waals surface area contributed by atoms with Gasteiger partial charge in [0.1, 0.15) is 0 Å². The van der Waals surface area contributed by atoms with Crippen LogP contribution in [0.3, 0.4) is 0 Å². The van der Waals surface area contributed by atoms with Crippen molar-refractivity contribution in [1.82, 2.24) is 0 Å². The quantitative estimate of drug-likeness (QED) is 0.226. The van der Waals surface area contributed by atoms with Gasteiger partial charge in [0, 0.05) is 19.3 Å². The number of aliphatic carboxylic acids is 3. The van der Waals surface area contributed by atoms with E-state index in [1.165, 1.54) is 11.8 Å². The molecule has 0 aliphatic heterocycles. The van der Waals surface area contributed by atoms with Crippen LogP contribution in [-0.2, 0) is 23.9 Å². The number of carboxylic acids is 3. The predicted octanol–water partition coefficient (Wildman–Crippen LogP) is -0.193. The predicted molar refractivity (Wildman–Crippen MR) is 74.6 cm³/mol. The fraction of sp³-hybridized carbons (Fsp3) is 0.667. The number of carbonyl (C=O) groups excluding carboxylic acids is 1. The Bertz CT molecular complexity index is 436. The van der Waals surface area contributed by atoms with Gasteiger partial charge in [-0.25, -0.2) is 14.4 Å². The molecule has 0 aliphatic carbocycles. The molecular formula is C12H18O9S. The number of thioether (sulfide) groups is 1. The number of carboxylic acid groups (broad SMARTS) is 3. The third kappa shape index (κ3) is 6.31. The highest BCUT2D eigenvalue weighted by Crippen LogP contribution is 2.18. The van der Waals surface area contributed by atoms with Gasteiger partial charge in [0.05, 0.1) is 0 Å². The third-order valence-corrected chi connectivity index (χ3v) is 3.58. The first-order valence-electron chi connectivity index (χ1n) is 6.34.